The molecule has 1 N–H and O–H groups in total. The Morgan fingerprint density at radius 3 is 2.52 bits per heavy atom. The minimum absolute atomic E-state index is 0.0715. The number of hydrogen-bond acceptors (Lipinski definition) is 2. The van der Waals surface area contributed by atoms with E-state index in [4.69, 9.17) is 0 Å². The average molecular weight is 296 g/mol. The van der Waals surface area contributed by atoms with E-state index in [0.717, 1.165) is 39.0 Å². The predicted molar refractivity (Wildman–Crippen MR) is 82.6 cm³/mol. The highest BCUT2D eigenvalue weighted by Crippen LogP contribution is 2.42. The first-order valence-corrected chi connectivity index (χ1v) is 7.86. The zero-order valence-electron chi connectivity index (χ0n) is 13.3. The molecule has 0 unspecified atom stereocenters. The molecule has 0 aromatic carbocycles. The highest BCUT2D eigenvalue weighted by Gasteiger charge is 2.52. The number of rotatable bonds is 6. The Hall–Kier alpha value is -0.960. The second-order valence-electron chi connectivity index (χ2n) is 6.47. The van der Waals surface area contributed by atoms with Gasteiger partial charge in [0.1, 0.15) is 0 Å². The molecular formula is C17H26F2N2. The number of allylic oxidation sites excluding steroid dienone is 2. The Morgan fingerprint density at radius 1 is 1.33 bits per heavy atom. The lowest BCUT2D eigenvalue weighted by atomic mass is 9.85. The Morgan fingerprint density at radius 2 is 2.00 bits per heavy atom. The van der Waals surface area contributed by atoms with Crippen LogP contribution in [0.3, 0.4) is 0 Å². The van der Waals surface area contributed by atoms with E-state index in [-0.39, 0.29) is 5.57 Å². The van der Waals surface area contributed by atoms with Gasteiger partial charge in [-0.1, -0.05) is 6.92 Å². The van der Waals surface area contributed by atoms with Crippen LogP contribution < -0.4 is 5.32 Å². The van der Waals surface area contributed by atoms with Crippen molar-refractivity contribution in [2.45, 2.75) is 45.1 Å². The zero-order valence-corrected chi connectivity index (χ0v) is 13.3. The third-order valence-electron chi connectivity index (χ3n) is 4.82. The highest BCUT2D eigenvalue weighted by molar-refractivity contribution is 5.38. The van der Waals surface area contributed by atoms with Crippen LogP contribution in [-0.2, 0) is 0 Å². The summed E-state index contributed by atoms with van der Waals surface area (Å²) in [6, 6.07) is 0. The summed E-state index contributed by atoms with van der Waals surface area (Å²) in [6.07, 6.45) is 6.40. The van der Waals surface area contributed by atoms with Crippen LogP contribution in [0.5, 0.6) is 0 Å². The van der Waals surface area contributed by atoms with Crippen molar-refractivity contribution in [2.75, 3.05) is 26.2 Å². The van der Waals surface area contributed by atoms with Crippen molar-refractivity contribution in [2.24, 2.45) is 5.92 Å². The fraction of sp³-hybridized carbons (Fsp3) is 0.706. The largest absolute Gasteiger partial charge is 0.317 e. The van der Waals surface area contributed by atoms with Crippen molar-refractivity contribution in [1.29, 1.82) is 0 Å². The van der Waals surface area contributed by atoms with E-state index >= 15 is 0 Å². The van der Waals surface area contributed by atoms with Gasteiger partial charge >= 0.3 is 0 Å². The summed E-state index contributed by atoms with van der Waals surface area (Å²) in [5.74, 6) is -2.25. The number of nitrogens with one attached hydrogen (secondary N) is 1. The van der Waals surface area contributed by atoms with E-state index in [2.05, 4.69) is 18.0 Å². The lowest BCUT2D eigenvalue weighted by Gasteiger charge is -2.47. The lowest BCUT2D eigenvalue weighted by Crippen LogP contribution is -2.59. The van der Waals surface area contributed by atoms with E-state index in [9.17, 15) is 8.78 Å². The van der Waals surface area contributed by atoms with Gasteiger partial charge in [0.25, 0.3) is 5.92 Å². The highest BCUT2D eigenvalue weighted by atomic mass is 19.3. The molecule has 1 fully saturated rings. The molecular weight excluding hydrogens is 270 g/mol. The maximum absolute atomic E-state index is 14.8. The molecule has 0 spiro atoms. The molecule has 1 heterocycles. The number of halogens is 2. The van der Waals surface area contributed by atoms with Gasteiger partial charge in [0.15, 0.2) is 0 Å². The maximum Gasteiger partial charge on any atom is 0.291 e. The Kier molecular flexibility index (Phi) is 5.03. The first-order chi connectivity index (χ1) is 9.89. The molecule has 2 aliphatic rings. The molecule has 1 aliphatic carbocycles. The number of hydrogen-bond donors (Lipinski definition) is 1. The minimum atomic E-state index is -2.86. The molecule has 2 nitrogen and oxygen atoms in total. The third kappa shape index (κ3) is 3.28. The molecule has 0 aromatic heterocycles. The van der Waals surface area contributed by atoms with Crippen LogP contribution in [0.4, 0.5) is 8.78 Å². The summed E-state index contributed by atoms with van der Waals surface area (Å²) in [5.41, 5.74) is 1.64. The lowest BCUT2D eigenvalue weighted by molar-refractivity contribution is -0.107. The molecule has 1 aliphatic heterocycles. The Labute approximate surface area is 126 Å². The van der Waals surface area contributed by atoms with Gasteiger partial charge in [0, 0.05) is 5.57 Å². The van der Waals surface area contributed by atoms with Crippen molar-refractivity contribution >= 4 is 0 Å². The van der Waals surface area contributed by atoms with Gasteiger partial charge in [-0.3, -0.25) is 4.90 Å². The van der Waals surface area contributed by atoms with Crippen LogP contribution in [0.15, 0.2) is 29.5 Å². The second-order valence-corrected chi connectivity index (χ2v) is 6.47. The number of nitrogens with zero attached hydrogens (tertiary/aromatic N) is 1. The number of likely N-dealkylation sites (tertiary alicyclic amines) is 1. The molecule has 0 aromatic rings. The molecule has 0 saturated carbocycles. The molecule has 0 bridgehead atoms. The summed E-state index contributed by atoms with van der Waals surface area (Å²) < 4.78 is 29.6. The molecule has 21 heavy (non-hydrogen) atoms. The fourth-order valence-electron chi connectivity index (χ4n) is 3.12. The average Bonchev–Trinajstić information content (AvgIpc) is 3.00. The summed E-state index contributed by atoms with van der Waals surface area (Å²) >= 11 is 0. The predicted octanol–water partition coefficient (Wildman–Crippen LogP) is 3.37. The van der Waals surface area contributed by atoms with E-state index in [1.165, 1.54) is 12.2 Å². The molecule has 118 valence electrons. The van der Waals surface area contributed by atoms with Crippen LogP contribution in [0, 0.1) is 5.92 Å². The Bertz CT molecular complexity index is 451. The smallest absolute Gasteiger partial charge is 0.291 e. The quantitative estimate of drug-likeness (QED) is 0.756. The van der Waals surface area contributed by atoms with Crippen molar-refractivity contribution < 1.29 is 8.78 Å². The monoisotopic (exact) mass is 296 g/mol. The van der Waals surface area contributed by atoms with Gasteiger partial charge in [-0.05, 0) is 77.0 Å². The summed E-state index contributed by atoms with van der Waals surface area (Å²) in [5, 5.41) is 3.35. The molecule has 4 heteroatoms. The summed E-state index contributed by atoms with van der Waals surface area (Å²) in [6.45, 7) is 8.85. The van der Waals surface area contributed by atoms with Gasteiger partial charge in [-0.2, -0.15) is 8.78 Å². The second kappa shape index (κ2) is 6.43. The van der Waals surface area contributed by atoms with E-state index in [0.29, 0.717) is 5.92 Å². The molecule has 0 atom stereocenters. The van der Waals surface area contributed by atoms with E-state index < -0.39 is 11.5 Å². The van der Waals surface area contributed by atoms with Gasteiger partial charge < -0.3 is 5.32 Å². The third-order valence-corrected chi connectivity index (χ3v) is 4.82. The first kappa shape index (κ1) is 16.4. The molecule has 1 saturated heterocycles. The van der Waals surface area contributed by atoms with Gasteiger partial charge in [0.05, 0.1) is 5.54 Å². The molecule has 0 radical (unpaired) electrons. The number of piperidine rings is 1. The van der Waals surface area contributed by atoms with Gasteiger partial charge in [-0.15, -0.1) is 5.73 Å². The van der Waals surface area contributed by atoms with Gasteiger partial charge in [-0.25, -0.2) is 0 Å². The topological polar surface area (TPSA) is 15.3 Å². The SMILES string of the molecule is CCNCC1CCN(C(C)(C)C(F)(F)C2=CC=C=C2)CC1. The van der Waals surface area contributed by atoms with E-state index in [1.54, 1.807) is 19.9 Å². The summed E-state index contributed by atoms with van der Waals surface area (Å²) in [7, 11) is 0. The van der Waals surface area contributed by atoms with Crippen LogP contribution in [-0.4, -0.2) is 42.5 Å². The van der Waals surface area contributed by atoms with Crippen LogP contribution >= 0.6 is 0 Å². The van der Waals surface area contributed by atoms with Crippen molar-refractivity contribution in [3.8, 4) is 0 Å². The number of alkyl halides is 2. The minimum Gasteiger partial charge on any atom is -0.317 e. The first-order valence-electron chi connectivity index (χ1n) is 7.86. The van der Waals surface area contributed by atoms with Crippen LogP contribution in [0.2, 0.25) is 0 Å². The normalized spacial score (nSPS) is 21.1. The maximum atomic E-state index is 14.8. The summed E-state index contributed by atoms with van der Waals surface area (Å²) in [4.78, 5) is 1.95. The van der Waals surface area contributed by atoms with Crippen LogP contribution in [0.1, 0.15) is 33.6 Å². The fourth-order valence-corrected chi connectivity index (χ4v) is 3.12. The van der Waals surface area contributed by atoms with Crippen molar-refractivity contribution in [3.05, 3.63) is 29.5 Å². The van der Waals surface area contributed by atoms with Crippen LogP contribution in [0.25, 0.3) is 0 Å². The zero-order chi connectivity index (χ0) is 15.5. The Balaban J connectivity index is 1.99. The van der Waals surface area contributed by atoms with E-state index in [1.807, 2.05) is 4.90 Å². The van der Waals surface area contributed by atoms with Crippen molar-refractivity contribution in [1.82, 2.24) is 10.2 Å². The van der Waals surface area contributed by atoms with Crippen molar-refractivity contribution in [3.63, 3.8) is 0 Å². The standard InChI is InChI=1S/C17H26F2N2/c1-4-20-13-14-9-11-21(12-10-14)16(2,3)17(18,19)15-7-5-6-8-15/h5,7-8,14,20H,4,9-13H2,1-3H3. The molecule has 2 rings (SSSR count). The molecule has 0 amide bonds. The van der Waals surface area contributed by atoms with Gasteiger partial charge in [0.2, 0.25) is 0 Å².